The Morgan fingerprint density at radius 2 is 2.27 bits per heavy atom. The molecule has 0 fully saturated rings. The third kappa shape index (κ3) is 2.83. The highest BCUT2D eigenvalue weighted by atomic mass is 79.9. The predicted molar refractivity (Wildman–Crippen MR) is 62.8 cm³/mol. The topological polar surface area (TPSA) is 38.1 Å². The molecule has 3 nitrogen and oxygen atoms in total. The van der Waals surface area contributed by atoms with Gasteiger partial charge in [0.2, 0.25) is 0 Å². The van der Waals surface area contributed by atoms with Gasteiger partial charge in [0.1, 0.15) is 11.6 Å². The van der Waals surface area contributed by atoms with Gasteiger partial charge in [-0.2, -0.15) is 0 Å². The summed E-state index contributed by atoms with van der Waals surface area (Å²) < 4.78 is 6.21. The second-order valence-electron chi connectivity index (χ2n) is 3.09. The molecule has 0 radical (unpaired) electrons. The molecule has 2 rings (SSSR count). The molecule has 4 heteroatoms. The molecule has 78 valence electrons. The number of hydrogen-bond acceptors (Lipinski definition) is 3. The van der Waals surface area contributed by atoms with Gasteiger partial charge in [-0.05, 0) is 40.2 Å². The van der Waals surface area contributed by atoms with Crippen molar-refractivity contribution in [2.75, 3.05) is 11.9 Å². The van der Waals surface area contributed by atoms with E-state index in [0.29, 0.717) is 0 Å². The minimum atomic E-state index is 0.809. The number of halogens is 1. The second kappa shape index (κ2) is 4.98. The molecule has 0 aliphatic carbocycles. The maximum absolute atomic E-state index is 5.23. The first-order valence-electron chi connectivity index (χ1n) is 4.73. The van der Waals surface area contributed by atoms with Gasteiger partial charge < -0.3 is 9.73 Å². The van der Waals surface area contributed by atoms with E-state index in [1.807, 2.05) is 24.3 Å². The zero-order chi connectivity index (χ0) is 10.5. The van der Waals surface area contributed by atoms with Gasteiger partial charge in [-0.15, -0.1) is 0 Å². The van der Waals surface area contributed by atoms with Gasteiger partial charge in [-0.1, -0.05) is 0 Å². The number of aromatic nitrogens is 1. The Labute approximate surface area is 96.6 Å². The molecule has 2 aromatic heterocycles. The zero-order valence-electron chi connectivity index (χ0n) is 8.11. The van der Waals surface area contributed by atoms with Crippen LogP contribution in [0.2, 0.25) is 0 Å². The minimum absolute atomic E-state index is 0.809. The molecule has 2 aromatic rings. The Kier molecular flexibility index (Phi) is 3.40. The third-order valence-electron chi connectivity index (χ3n) is 2.00. The van der Waals surface area contributed by atoms with Crippen LogP contribution < -0.4 is 5.32 Å². The fraction of sp³-hybridized carbons (Fsp3) is 0.182. The summed E-state index contributed by atoms with van der Waals surface area (Å²) in [6.07, 6.45) is 4.31. The number of hydrogen-bond donors (Lipinski definition) is 1. The lowest BCUT2D eigenvalue weighted by Gasteiger charge is -2.05. The molecule has 0 amide bonds. The monoisotopic (exact) mass is 266 g/mol. The third-order valence-corrected chi connectivity index (χ3v) is 2.64. The lowest BCUT2D eigenvalue weighted by Crippen LogP contribution is -2.06. The fourth-order valence-corrected chi connectivity index (χ4v) is 1.67. The molecule has 0 bridgehead atoms. The van der Waals surface area contributed by atoms with Gasteiger partial charge in [0.15, 0.2) is 0 Å². The Balaban J connectivity index is 1.86. The van der Waals surface area contributed by atoms with Crippen LogP contribution in [0.25, 0.3) is 0 Å². The van der Waals surface area contributed by atoms with Crippen LogP contribution in [-0.2, 0) is 6.42 Å². The highest BCUT2D eigenvalue weighted by Crippen LogP contribution is 2.17. The molecule has 0 saturated heterocycles. The number of anilines is 1. The molecule has 0 aliphatic rings. The summed E-state index contributed by atoms with van der Waals surface area (Å²) in [6.45, 7) is 0.809. The van der Waals surface area contributed by atoms with Crippen molar-refractivity contribution in [3.05, 3.63) is 47.0 Å². The number of pyridine rings is 1. The molecular weight excluding hydrogens is 256 g/mol. The van der Waals surface area contributed by atoms with Gasteiger partial charge in [0.05, 0.1) is 10.7 Å². The van der Waals surface area contributed by atoms with Crippen molar-refractivity contribution in [1.29, 1.82) is 0 Å². The molecule has 0 unspecified atom stereocenters. The van der Waals surface area contributed by atoms with E-state index in [-0.39, 0.29) is 0 Å². The lowest BCUT2D eigenvalue weighted by molar-refractivity contribution is 0.513. The number of nitrogens with zero attached hydrogens (tertiary/aromatic N) is 1. The first-order valence-corrected chi connectivity index (χ1v) is 5.52. The van der Waals surface area contributed by atoms with Crippen molar-refractivity contribution in [2.45, 2.75) is 6.42 Å². The van der Waals surface area contributed by atoms with Gasteiger partial charge >= 0.3 is 0 Å². The van der Waals surface area contributed by atoms with Crippen LogP contribution in [0.4, 0.5) is 5.82 Å². The van der Waals surface area contributed by atoms with Crippen molar-refractivity contribution in [3.63, 3.8) is 0 Å². The summed E-state index contributed by atoms with van der Waals surface area (Å²) >= 11 is 3.43. The van der Waals surface area contributed by atoms with E-state index in [2.05, 4.69) is 26.2 Å². The van der Waals surface area contributed by atoms with Crippen LogP contribution >= 0.6 is 15.9 Å². The van der Waals surface area contributed by atoms with Crippen molar-refractivity contribution >= 4 is 21.7 Å². The summed E-state index contributed by atoms with van der Waals surface area (Å²) in [5.74, 6) is 1.85. The average molecular weight is 267 g/mol. The highest BCUT2D eigenvalue weighted by molar-refractivity contribution is 9.10. The van der Waals surface area contributed by atoms with Crippen LogP contribution in [-0.4, -0.2) is 11.5 Å². The summed E-state index contributed by atoms with van der Waals surface area (Å²) in [4.78, 5) is 4.21. The minimum Gasteiger partial charge on any atom is -0.469 e. The van der Waals surface area contributed by atoms with Gasteiger partial charge in [-0.3, -0.25) is 0 Å². The fourth-order valence-electron chi connectivity index (χ4n) is 1.27. The van der Waals surface area contributed by atoms with E-state index in [0.717, 1.165) is 29.0 Å². The molecule has 0 atom stereocenters. The zero-order valence-corrected chi connectivity index (χ0v) is 9.70. The van der Waals surface area contributed by atoms with E-state index in [1.54, 1.807) is 12.5 Å². The van der Waals surface area contributed by atoms with Crippen LogP contribution in [0.15, 0.2) is 45.6 Å². The summed E-state index contributed by atoms with van der Waals surface area (Å²) in [5, 5.41) is 3.23. The number of nitrogens with one attached hydrogen (secondary N) is 1. The molecule has 2 heterocycles. The van der Waals surface area contributed by atoms with Crippen LogP contribution in [0, 0.1) is 0 Å². The molecule has 1 N–H and O–H groups in total. The summed E-state index contributed by atoms with van der Waals surface area (Å²) in [7, 11) is 0. The Morgan fingerprint density at radius 3 is 3.00 bits per heavy atom. The lowest BCUT2D eigenvalue weighted by atomic mass is 10.3. The van der Waals surface area contributed by atoms with Crippen LogP contribution in [0.5, 0.6) is 0 Å². The van der Waals surface area contributed by atoms with Crippen molar-refractivity contribution < 1.29 is 4.42 Å². The Bertz CT molecular complexity index is 414. The van der Waals surface area contributed by atoms with E-state index in [1.165, 1.54) is 0 Å². The smallest absolute Gasteiger partial charge is 0.140 e. The highest BCUT2D eigenvalue weighted by Gasteiger charge is 1.99. The van der Waals surface area contributed by atoms with Crippen molar-refractivity contribution in [1.82, 2.24) is 4.98 Å². The Morgan fingerprint density at radius 1 is 1.33 bits per heavy atom. The molecular formula is C11H11BrN2O. The van der Waals surface area contributed by atoms with Crippen LogP contribution in [0.1, 0.15) is 5.76 Å². The average Bonchev–Trinajstić information content (AvgIpc) is 2.74. The van der Waals surface area contributed by atoms with Gasteiger partial charge in [-0.25, -0.2) is 4.98 Å². The maximum atomic E-state index is 5.23. The van der Waals surface area contributed by atoms with E-state index < -0.39 is 0 Å². The first kappa shape index (κ1) is 10.2. The first-order chi connectivity index (χ1) is 7.36. The number of furan rings is 1. The molecule has 0 spiro atoms. The predicted octanol–water partition coefficient (Wildman–Crippen LogP) is 3.09. The molecule has 0 aromatic carbocycles. The van der Waals surface area contributed by atoms with Crippen molar-refractivity contribution in [2.24, 2.45) is 0 Å². The standard InChI is InChI=1S/C11H11BrN2O/c12-10-4-1-6-13-11(10)14-7-5-9-3-2-8-15-9/h1-4,6,8H,5,7H2,(H,13,14). The quantitative estimate of drug-likeness (QED) is 0.925. The maximum Gasteiger partial charge on any atom is 0.140 e. The largest absolute Gasteiger partial charge is 0.469 e. The van der Waals surface area contributed by atoms with Crippen LogP contribution in [0.3, 0.4) is 0 Å². The molecule has 0 aliphatic heterocycles. The molecule has 0 saturated carbocycles. The van der Waals surface area contributed by atoms with Gasteiger partial charge in [0.25, 0.3) is 0 Å². The van der Waals surface area contributed by atoms with E-state index in [4.69, 9.17) is 4.42 Å². The van der Waals surface area contributed by atoms with Gasteiger partial charge in [0, 0.05) is 19.2 Å². The normalized spacial score (nSPS) is 10.2. The molecule has 15 heavy (non-hydrogen) atoms. The second-order valence-corrected chi connectivity index (χ2v) is 3.94. The summed E-state index contributed by atoms with van der Waals surface area (Å²) in [5.41, 5.74) is 0. The van der Waals surface area contributed by atoms with E-state index in [9.17, 15) is 0 Å². The SMILES string of the molecule is Brc1cccnc1NCCc1ccco1. The number of rotatable bonds is 4. The summed E-state index contributed by atoms with van der Waals surface area (Å²) in [6, 6.07) is 7.71. The van der Waals surface area contributed by atoms with E-state index >= 15 is 0 Å². The Hall–Kier alpha value is -1.29. The van der Waals surface area contributed by atoms with Crippen molar-refractivity contribution in [3.8, 4) is 0 Å².